The van der Waals surface area contributed by atoms with Gasteiger partial charge in [0.25, 0.3) is 0 Å². The molecule has 0 aliphatic carbocycles. The fourth-order valence-corrected chi connectivity index (χ4v) is 0.548. The SMILES string of the molecule is CC(O)=C(C)CCCN. The number of allylic oxidation sites excluding steroid dienone is 2. The van der Waals surface area contributed by atoms with Crippen LogP contribution in [-0.2, 0) is 0 Å². The Kier molecular flexibility index (Phi) is 4.14. The minimum Gasteiger partial charge on any atom is -0.513 e. The smallest absolute Gasteiger partial charge is 0.0880 e. The van der Waals surface area contributed by atoms with Crippen LogP contribution in [0.25, 0.3) is 0 Å². The van der Waals surface area contributed by atoms with Gasteiger partial charge in [-0.3, -0.25) is 0 Å². The molecule has 0 radical (unpaired) electrons. The van der Waals surface area contributed by atoms with E-state index < -0.39 is 0 Å². The van der Waals surface area contributed by atoms with Crippen LogP contribution in [0.4, 0.5) is 0 Å². The summed E-state index contributed by atoms with van der Waals surface area (Å²) < 4.78 is 0. The summed E-state index contributed by atoms with van der Waals surface area (Å²) in [6.45, 7) is 4.32. The zero-order valence-electron chi connectivity index (χ0n) is 6.15. The van der Waals surface area contributed by atoms with Gasteiger partial charge < -0.3 is 10.8 Å². The van der Waals surface area contributed by atoms with E-state index in [9.17, 15) is 0 Å². The van der Waals surface area contributed by atoms with Crippen LogP contribution in [0.15, 0.2) is 11.3 Å². The second-order valence-electron chi connectivity index (χ2n) is 2.26. The van der Waals surface area contributed by atoms with Gasteiger partial charge in [0.2, 0.25) is 0 Å². The Bertz CT molecular complexity index is 103. The third kappa shape index (κ3) is 4.03. The highest BCUT2D eigenvalue weighted by atomic mass is 16.3. The summed E-state index contributed by atoms with van der Waals surface area (Å²) in [5.74, 6) is 0.434. The molecule has 0 saturated heterocycles. The Morgan fingerprint density at radius 3 is 2.33 bits per heavy atom. The van der Waals surface area contributed by atoms with Crippen LogP contribution in [0.5, 0.6) is 0 Å². The number of aliphatic hydroxyl groups is 1. The molecule has 3 N–H and O–H groups in total. The lowest BCUT2D eigenvalue weighted by Crippen LogP contribution is -1.98. The molecule has 0 aromatic rings. The van der Waals surface area contributed by atoms with Crippen molar-refractivity contribution in [3.05, 3.63) is 11.3 Å². The molecule has 0 aliphatic heterocycles. The molecule has 0 spiro atoms. The maximum atomic E-state index is 8.89. The highest BCUT2D eigenvalue weighted by molar-refractivity contribution is 5.01. The van der Waals surface area contributed by atoms with E-state index >= 15 is 0 Å². The van der Waals surface area contributed by atoms with Crippen molar-refractivity contribution < 1.29 is 5.11 Å². The van der Waals surface area contributed by atoms with Crippen molar-refractivity contribution in [2.24, 2.45) is 5.73 Å². The van der Waals surface area contributed by atoms with Gasteiger partial charge in [-0.05, 0) is 38.8 Å². The number of hydrogen-bond acceptors (Lipinski definition) is 2. The fraction of sp³-hybridized carbons (Fsp3) is 0.714. The van der Waals surface area contributed by atoms with E-state index in [-0.39, 0.29) is 0 Å². The van der Waals surface area contributed by atoms with E-state index in [2.05, 4.69) is 0 Å². The lowest BCUT2D eigenvalue weighted by Gasteiger charge is -1.99. The second-order valence-corrected chi connectivity index (χ2v) is 2.26. The van der Waals surface area contributed by atoms with Gasteiger partial charge in [-0.15, -0.1) is 0 Å². The molecular formula is C7H15NO. The zero-order chi connectivity index (χ0) is 7.28. The Hall–Kier alpha value is -0.500. The summed E-state index contributed by atoms with van der Waals surface area (Å²) >= 11 is 0. The van der Waals surface area contributed by atoms with Crippen molar-refractivity contribution in [2.75, 3.05) is 6.54 Å². The van der Waals surface area contributed by atoms with Crippen LogP contribution in [0.2, 0.25) is 0 Å². The van der Waals surface area contributed by atoms with Gasteiger partial charge in [0.1, 0.15) is 0 Å². The van der Waals surface area contributed by atoms with Crippen molar-refractivity contribution in [3.63, 3.8) is 0 Å². The Balaban J connectivity index is 3.50. The van der Waals surface area contributed by atoms with Gasteiger partial charge >= 0.3 is 0 Å². The monoisotopic (exact) mass is 129 g/mol. The molecule has 2 heteroatoms. The first-order valence-electron chi connectivity index (χ1n) is 3.24. The summed E-state index contributed by atoms with van der Waals surface area (Å²) in [5.41, 5.74) is 6.31. The lowest BCUT2D eigenvalue weighted by atomic mass is 10.1. The fourth-order valence-electron chi connectivity index (χ4n) is 0.548. The normalized spacial score (nSPS) is 13.2. The van der Waals surface area contributed by atoms with Gasteiger partial charge in [0.15, 0.2) is 0 Å². The standard InChI is InChI=1S/C7H15NO/c1-6(7(2)9)4-3-5-8/h9H,3-5,8H2,1-2H3. The first-order valence-corrected chi connectivity index (χ1v) is 3.24. The summed E-state index contributed by atoms with van der Waals surface area (Å²) in [5, 5.41) is 8.89. The van der Waals surface area contributed by atoms with E-state index in [1.807, 2.05) is 6.92 Å². The van der Waals surface area contributed by atoms with Crippen molar-refractivity contribution in [2.45, 2.75) is 26.7 Å². The highest BCUT2D eigenvalue weighted by Crippen LogP contribution is 2.06. The van der Waals surface area contributed by atoms with E-state index in [1.165, 1.54) is 0 Å². The van der Waals surface area contributed by atoms with E-state index in [0.29, 0.717) is 12.3 Å². The molecule has 0 fully saturated rings. The van der Waals surface area contributed by atoms with E-state index in [1.54, 1.807) is 6.92 Å². The largest absolute Gasteiger partial charge is 0.513 e. The Morgan fingerprint density at radius 2 is 2.00 bits per heavy atom. The van der Waals surface area contributed by atoms with Gasteiger partial charge in [0, 0.05) is 0 Å². The molecule has 0 atom stereocenters. The minimum atomic E-state index is 0.434. The molecular weight excluding hydrogens is 114 g/mol. The molecule has 0 unspecified atom stereocenters. The van der Waals surface area contributed by atoms with Crippen LogP contribution < -0.4 is 5.73 Å². The van der Waals surface area contributed by atoms with Crippen LogP contribution in [0.3, 0.4) is 0 Å². The third-order valence-electron chi connectivity index (χ3n) is 1.37. The quantitative estimate of drug-likeness (QED) is 0.568. The Morgan fingerprint density at radius 1 is 1.44 bits per heavy atom. The predicted octanol–water partition coefficient (Wildman–Crippen LogP) is 1.58. The Labute approximate surface area is 56.4 Å². The molecule has 0 aromatic heterocycles. The third-order valence-corrected chi connectivity index (χ3v) is 1.37. The minimum absolute atomic E-state index is 0.434. The summed E-state index contributed by atoms with van der Waals surface area (Å²) in [6, 6.07) is 0. The number of aliphatic hydroxyl groups excluding tert-OH is 1. The molecule has 0 rings (SSSR count). The van der Waals surface area contributed by atoms with Crippen molar-refractivity contribution in [1.82, 2.24) is 0 Å². The van der Waals surface area contributed by atoms with Crippen LogP contribution >= 0.6 is 0 Å². The van der Waals surface area contributed by atoms with Crippen molar-refractivity contribution >= 4 is 0 Å². The summed E-state index contributed by atoms with van der Waals surface area (Å²) in [4.78, 5) is 0. The van der Waals surface area contributed by atoms with Crippen molar-refractivity contribution in [1.29, 1.82) is 0 Å². The van der Waals surface area contributed by atoms with Crippen LogP contribution in [0, 0.1) is 0 Å². The predicted molar refractivity (Wildman–Crippen MR) is 39.3 cm³/mol. The molecule has 0 saturated carbocycles. The molecule has 9 heavy (non-hydrogen) atoms. The van der Waals surface area contributed by atoms with Gasteiger partial charge in [-0.1, -0.05) is 0 Å². The summed E-state index contributed by atoms with van der Waals surface area (Å²) in [7, 11) is 0. The first-order chi connectivity index (χ1) is 4.18. The maximum Gasteiger partial charge on any atom is 0.0880 e. The molecule has 2 nitrogen and oxygen atoms in total. The maximum absolute atomic E-state index is 8.89. The van der Waals surface area contributed by atoms with Gasteiger partial charge in [-0.25, -0.2) is 0 Å². The first kappa shape index (κ1) is 8.50. The number of nitrogens with two attached hydrogens (primary N) is 1. The molecule has 0 bridgehead atoms. The molecule has 0 aliphatic rings. The van der Waals surface area contributed by atoms with Gasteiger partial charge in [0.05, 0.1) is 5.76 Å². The lowest BCUT2D eigenvalue weighted by molar-refractivity contribution is 0.404. The van der Waals surface area contributed by atoms with Crippen LogP contribution in [0.1, 0.15) is 26.7 Å². The van der Waals surface area contributed by atoms with Gasteiger partial charge in [-0.2, -0.15) is 0 Å². The van der Waals surface area contributed by atoms with E-state index in [4.69, 9.17) is 10.8 Å². The van der Waals surface area contributed by atoms with Crippen LogP contribution in [-0.4, -0.2) is 11.7 Å². The zero-order valence-corrected chi connectivity index (χ0v) is 6.15. The average molecular weight is 129 g/mol. The number of hydrogen-bond donors (Lipinski definition) is 2. The second kappa shape index (κ2) is 4.39. The molecule has 54 valence electrons. The number of rotatable bonds is 3. The summed E-state index contributed by atoms with van der Waals surface area (Å²) in [6.07, 6.45) is 1.88. The average Bonchev–Trinajstić information content (AvgIpc) is 1.82. The van der Waals surface area contributed by atoms with Crippen molar-refractivity contribution in [3.8, 4) is 0 Å². The van der Waals surface area contributed by atoms with E-state index in [0.717, 1.165) is 18.4 Å². The topological polar surface area (TPSA) is 46.2 Å². The molecule has 0 aromatic carbocycles. The molecule has 0 heterocycles. The highest BCUT2D eigenvalue weighted by Gasteiger charge is 1.91. The molecule has 0 amide bonds.